The largest absolute Gasteiger partial charge is 0.479 e. The molecule has 2 amide bonds. The van der Waals surface area contributed by atoms with Crippen LogP contribution in [0.1, 0.15) is 52.5 Å². The first-order valence-electron chi connectivity index (χ1n) is 10.4. The Labute approximate surface area is 178 Å². The third-order valence-electron chi connectivity index (χ3n) is 5.93. The van der Waals surface area contributed by atoms with Crippen molar-refractivity contribution in [3.8, 4) is 5.75 Å². The van der Waals surface area contributed by atoms with Gasteiger partial charge in [0, 0.05) is 24.7 Å². The fourth-order valence-electron chi connectivity index (χ4n) is 3.66. The minimum Gasteiger partial charge on any atom is -0.479 e. The van der Waals surface area contributed by atoms with Gasteiger partial charge in [0.15, 0.2) is 6.10 Å². The number of piperidine rings is 1. The van der Waals surface area contributed by atoms with E-state index in [-0.39, 0.29) is 34.7 Å². The second-order valence-electron chi connectivity index (χ2n) is 8.79. The molecule has 166 valence electrons. The van der Waals surface area contributed by atoms with Crippen LogP contribution in [0.15, 0.2) is 17.0 Å². The van der Waals surface area contributed by atoms with Gasteiger partial charge in [-0.2, -0.15) is 4.31 Å². The minimum atomic E-state index is -3.81. The normalized spacial score (nSPS) is 22.6. The topological polar surface area (TPSA) is 105 Å². The van der Waals surface area contributed by atoms with E-state index in [2.05, 4.69) is 10.6 Å². The predicted octanol–water partition coefficient (Wildman–Crippen LogP) is 2.42. The first kappa shape index (κ1) is 22.6. The second-order valence-corrected chi connectivity index (χ2v) is 10.7. The van der Waals surface area contributed by atoms with Crippen molar-refractivity contribution < 1.29 is 22.7 Å². The summed E-state index contributed by atoms with van der Waals surface area (Å²) in [5.74, 6) is -0.420. The molecule has 0 radical (unpaired) electrons. The number of nitrogens with one attached hydrogen (secondary N) is 2. The van der Waals surface area contributed by atoms with Gasteiger partial charge < -0.3 is 15.4 Å². The van der Waals surface area contributed by atoms with Gasteiger partial charge in [0.2, 0.25) is 15.9 Å². The Morgan fingerprint density at radius 1 is 1.37 bits per heavy atom. The van der Waals surface area contributed by atoms with E-state index in [1.807, 2.05) is 20.8 Å². The van der Waals surface area contributed by atoms with Crippen LogP contribution in [0.3, 0.4) is 0 Å². The van der Waals surface area contributed by atoms with Gasteiger partial charge in [-0.1, -0.05) is 6.92 Å². The Balaban J connectivity index is 1.84. The summed E-state index contributed by atoms with van der Waals surface area (Å²) in [5, 5.41) is 5.76. The molecular formula is C21H31N3O5S. The van der Waals surface area contributed by atoms with Crippen LogP contribution < -0.4 is 15.4 Å². The number of nitrogens with zero attached hydrogens (tertiary/aromatic N) is 1. The van der Waals surface area contributed by atoms with Gasteiger partial charge in [-0.25, -0.2) is 8.42 Å². The Morgan fingerprint density at radius 2 is 2.07 bits per heavy atom. The molecule has 2 unspecified atom stereocenters. The molecule has 0 spiro atoms. The molecular weight excluding hydrogens is 406 g/mol. The summed E-state index contributed by atoms with van der Waals surface area (Å²) < 4.78 is 33.8. The second kappa shape index (κ2) is 8.19. The van der Waals surface area contributed by atoms with Crippen LogP contribution in [-0.2, 0) is 19.6 Å². The molecule has 1 saturated heterocycles. The van der Waals surface area contributed by atoms with Gasteiger partial charge in [0.05, 0.1) is 16.5 Å². The maximum atomic E-state index is 13.4. The van der Waals surface area contributed by atoms with Gasteiger partial charge in [0.1, 0.15) is 5.75 Å². The maximum Gasteiger partial charge on any atom is 0.265 e. The third-order valence-corrected chi connectivity index (χ3v) is 7.93. The number of sulfonamides is 1. The van der Waals surface area contributed by atoms with E-state index in [1.54, 1.807) is 19.9 Å². The van der Waals surface area contributed by atoms with E-state index >= 15 is 0 Å². The fourth-order valence-corrected chi connectivity index (χ4v) is 5.40. The summed E-state index contributed by atoms with van der Waals surface area (Å²) >= 11 is 0. The highest BCUT2D eigenvalue weighted by Gasteiger charge is 2.36. The van der Waals surface area contributed by atoms with Crippen molar-refractivity contribution >= 4 is 27.5 Å². The number of hydrogen-bond acceptors (Lipinski definition) is 5. The van der Waals surface area contributed by atoms with Gasteiger partial charge in [-0.05, 0) is 58.6 Å². The van der Waals surface area contributed by atoms with E-state index in [4.69, 9.17) is 4.74 Å². The summed E-state index contributed by atoms with van der Waals surface area (Å²) in [6.45, 7) is 9.73. The zero-order valence-corrected chi connectivity index (χ0v) is 19.1. The quantitative estimate of drug-likeness (QED) is 0.736. The van der Waals surface area contributed by atoms with Crippen LogP contribution in [-0.4, -0.2) is 49.3 Å². The summed E-state index contributed by atoms with van der Waals surface area (Å²) in [6, 6.07) is 3.09. The van der Waals surface area contributed by atoms with E-state index in [0.717, 1.165) is 6.42 Å². The number of ether oxygens (including phenoxy) is 1. The number of rotatable bonds is 5. The highest BCUT2D eigenvalue weighted by atomic mass is 32.2. The van der Waals surface area contributed by atoms with E-state index < -0.39 is 16.1 Å². The van der Waals surface area contributed by atoms with E-state index in [9.17, 15) is 18.0 Å². The highest BCUT2D eigenvalue weighted by Crippen LogP contribution is 2.36. The Bertz CT molecular complexity index is 958. The predicted molar refractivity (Wildman–Crippen MR) is 114 cm³/mol. The molecule has 1 aromatic rings. The molecule has 0 bridgehead atoms. The zero-order chi connectivity index (χ0) is 22.3. The van der Waals surface area contributed by atoms with Crippen LogP contribution in [0.4, 0.5) is 5.69 Å². The molecule has 2 atom stereocenters. The van der Waals surface area contributed by atoms with Crippen molar-refractivity contribution in [3.63, 3.8) is 0 Å². The van der Waals surface area contributed by atoms with Crippen LogP contribution in [0.25, 0.3) is 0 Å². The number of carbonyl (C=O) groups excluding carboxylic acids is 2. The molecule has 30 heavy (non-hydrogen) atoms. The van der Waals surface area contributed by atoms with Gasteiger partial charge >= 0.3 is 0 Å². The van der Waals surface area contributed by atoms with Crippen LogP contribution in [0.5, 0.6) is 5.75 Å². The average Bonchev–Trinajstić information content (AvgIpc) is 2.68. The SMILES string of the molecule is CCC(C)(C)NC(=O)C1CCCN(S(=O)(=O)c2cc3c(cc2C)NC(=O)C(C)O3)C1. The number of aryl methyl sites for hydroxylation is 1. The summed E-state index contributed by atoms with van der Waals surface area (Å²) in [7, 11) is -3.81. The Hall–Kier alpha value is -2.13. The zero-order valence-electron chi connectivity index (χ0n) is 18.2. The van der Waals surface area contributed by atoms with Crippen molar-refractivity contribution in [2.75, 3.05) is 18.4 Å². The number of carbonyl (C=O) groups is 2. The molecule has 3 rings (SSSR count). The smallest absolute Gasteiger partial charge is 0.265 e. The van der Waals surface area contributed by atoms with E-state index in [1.165, 1.54) is 10.4 Å². The molecule has 1 aromatic carbocycles. The van der Waals surface area contributed by atoms with Crippen LogP contribution >= 0.6 is 0 Å². The lowest BCUT2D eigenvalue weighted by atomic mass is 9.95. The highest BCUT2D eigenvalue weighted by molar-refractivity contribution is 7.89. The molecule has 2 aliphatic heterocycles. The van der Waals surface area contributed by atoms with Crippen molar-refractivity contribution in [1.82, 2.24) is 9.62 Å². The molecule has 2 aliphatic rings. The summed E-state index contributed by atoms with van der Waals surface area (Å²) in [6.07, 6.45) is 1.38. The van der Waals surface area contributed by atoms with Crippen molar-refractivity contribution in [1.29, 1.82) is 0 Å². The molecule has 9 heteroatoms. The van der Waals surface area contributed by atoms with Gasteiger partial charge in [-0.15, -0.1) is 0 Å². The standard InChI is InChI=1S/C21H31N3O5S/c1-6-21(4,5)23-20(26)15-8-7-9-24(12-15)30(27,28)18-11-17-16(10-13(18)2)22-19(25)14(3)29-17/h10-11,14-15H,6-9,12H2,1-5H3,(H,22,25)(H,23,26). The molecule has 0 saturated carbocycles. The van der Waals surface area contributed by atoms with Crippen molar-refractivity contribution in [3.05, 3.63) is 17.7 Å². The maximum absolute atomic E-state index is 13.4. The first-order chi connectivity index (χ1) is 13.9. The molecule has 2 heterocycles. The Morgan fingerprint density at radius 3 is 2.73 bits per heavy atom. The monoisotopic (exact) mass is 437 g/mol. The van der Waals surface area contributed by atoms with Crippen LogP contribution in [0.2, 0.25) is 0 Å². The number of anilines is 1. The lowest BCUT2D eigenvalue weighted by molar-refractivity contribution is -0.127. The lowest BCUT2D eigenvalue weighted by Crippen LogP contribution is -2.50. The molecule has 8 nitrogen and oxygen atoms in total. The first-order valence-corrected chi connectivity index (χ1v) is 11.8. The van der Waals surface area contributed by atoms with Crippen molar-refractivity contribution in [2.45, 2.75) is 70.4 Å². The summed E-state index contributed by atoms with van der Waals surface area (Å²) in [4.78, 5) is 24.7. The Kier molecular flexibility index (Phi) is 6.15. The molecule has 2 N–H and O–H groups in total. The number of fused-ring (bicyclic) bond motifs is 1. The minimum absolute atomic E-state index is 0.108. The van der Waals surface area contributed by atoms with Crippen molar-refractivity contribution in [2.24, 2.45) is 5.92 Å². The fraction of sp³-hybridized carbons (Fsp3) is 0.619. The molecule has 0 aromatic heterocycles. The van der Waals surface area contributed by atoms with Crippen LogP contribution in [0, 0.1) is 12.8 Å². The number of benzene rings is 1. The molecule has 0 aliphatic carbocycles. The number of hydrogen-bond donors (Lipinski definition) is 2. The van der Waals surface area contributed by atoms with Gasteiger partial charge in [-0.3, -0.25) is 9.59 Å². The number of amides is 2. The lowest BCUT2D eigenvalue weighted by Gasteiger charge is -2.34. The third kappa shape index (κ3) is 4.46. The van der Waals surface area contributed by atoms with Gasteiger partial charge in [0.25, 0.3) is 5.91 Å². The average molecular weight is 438 g/mol. The van der Waals surface area contributed by atoms with E-state index in [0.29, 0.717) is 36.4 Å². The molecule has 1 fully saturated rings. The summed E-state index contributed by atoms with van der Waals surface area (Å²) in [5.41, 5.74) is 0.657.